The molecule has 1 saturated heterocycles. The van der Waals surface area contributed by atoms with Crippen molar-refractivity contribution in [3.63, 3.8) is 0 Å². The van der Waals surface area contributed by atoms with Crippen LogP contribution in [0, 0.1) is 5.92 Å². The van der Waals surface area contributed by atoms with Gasteiger partial charge in [-0.05, 0) is 51.0 Å². The molecule has 0 unspecified atom stereocenters. The first-order valence-electron chi connectivity index (χ1n) is 8.37. The van der Waals surface area contributed by atoms with Crippen molar-refractivity contribution < 1.29 is 17.9 Å². The Kier molecular flexibility index (Phi) is 6.23. The van der Waals surface area contributed by atoms with Crippen LogP contribution in [0.5, 0.6) is 5.75 Å². The van der Waals surface area contributed by atoms with Crippen LogP contribution in [0.15, 0.2) is 29.2 Å². The summed E-state index contributed by atoms with van der Waals surface area (Å²) in [5, 5.41) is 0. The number of hydrogen-bond acceptors (Lipinski definition) is 4. The number of carbonyl (C=O) groups is 1. The molecule has 1 aromatic rings. The average molecular weight is 354 g/mol. The summed E-state index contributed by atoms with van der Waals surface area (Å²) in [5.74, 6) is 0.406. The molecule has 1 heterocycles. The molecule has 0 spiro atoms. The molecular weight excluding hydrogens is 328 g/mol. The topological polar surface area (TPSA) is 66.9 Å². The van der Waals surface area contributed by atoms with E-state index in [1.54, 1.807) is 29.2 Å². The third kappa shape index (κ3) is 3.89. The third-order valence-corrected chi connectivity index (χ3v) is 6.39. The Morgan fingerprint density at radius 2 is 1.88 bits per heavy atom. The molecule has 6 nitrogen and oxygen atoms in total. The molecule has 0 N–H and O–H groups in total. The first kappa shape index (κ1) is 18.7. The lowest BCUT2D eigenvalue weighted by molar-refractivity contribution is -0.136. The van der Waals surface area contributed by atoms with Crippen molar-refractivity contribution in [1.82, 2.24) is 9.21 Å². The summed E-state index contributed by atoms with van der Waals surface area (Å²) in [7, 11) is -2.05. The fourth-order valence-corrected chi connectivity index (χ4v) is 4.58. The summed E-state index contributed by atoms with van der Waals surface area (Å²) in [5.41, 5.74) is 0. The molecule has 1 atom stereocenters. The van der Waals surface area contributed by atoms with Crippen molar-refractivity contribution in [3.8, 4) is 5.75 Å². The van der Waals surface area contributed by atoms with Gasteiger partial charge in [0.25, 0.3) is 0 Å². The number of amides is 1. The third-order valence-electron chi connectivity index (χ3n) is 4.51. The molecule has 0 saturated carbocycles. The normalized spacial score (nSPS) is 19.0. The fraction of sp³-hybridized carbons (Fsp3) is 0.588. The summed E-state index contributed by atoms with van der Waals surface area (Å²) in [6.07, 6.45) is 1.44. The van der Waals surface area contributed by atoms with Crippen molar-refractivity contribution >= 4 is 15.9 Å². The lowest BCUT2D eigenvalue weighted by Gasteiger charge is -2.33. The van der Waals surface area contributed by atoms with Gasteiger partial charge in [-0.15, -0.1) is 0 Å². The van der Waals surface area contributed by atoms with Gasteiger partial charge in [-0.1, -0.05) is 0 Å². The van der Waals surface area contributed by atoms with Crippen molar-refractivity contribution in [2.75, 3.05) is 33.3 Å². The zero-order valence-corrected chi connectivity index (χ0v) is 15.4. The number of sulfonamides is 1. The molecule has 0 radical (unpaired) electrons. The minimum absolute atomic E-state index is 0.0506. The molecule has 0 bridgehead atoms. The predicted octanol–water partition coefficient (Wildman–Crippen LogP) is 1.96. The maximum absolute atomic E-state index is 12.8. The second kappa shape index (κ2) is 7.98. The molecule has 1 fully saturated rings. The number of nitrogens with zero attached hydrogens (tertiary/aromatic N) is 2. The van der Waals surface area contributed by atoms with Crippen molar-refractivity contribution in [1.29, 1.82) is 0 Å². The molecule has 2 rings (SSSR count). The highest BCUT2D eigenvalue weighted by Gasteiger charge is 2.34. The molecule has 1 aliphatic rings. The van der Waals surface area contributed by atoms with Gasteiger partial charge >= 0.3 is 0 Å². The zero-order valence-electron chi connectivity index (χ0n) is 14.6. The van der Waals surface area contributed by atoms with Crippen molar-refractivity contribution in [2.45, 2.75) is 31.6 Å². The second-order valence-electron chi connectivity index (χ2n) is 5.89. The maximum Gasteiger partial charge on any atom is 0.243 e. The van der Waals surface area contributed by atoms with Gasteiger partial charge in [0, 0.05) is 26.2 Å². The molecular formula is C17H26N2O4S. The molecule has 0 aliphatic carbocycles. The number of rotatable bonds is 6. The van der Waals surface area contributed by atoms with E-state index in [1.807, 2.05) is 13.8 Å². The number of carbonyl (C=O) groups excluding carboxylic acids is 1. The maximum atomic E-state index is 12.8. The van der Waals surface area contributed by atoms with Crippen LogP contribution in [0.4, 0.5) is 0 Å². The smallest absolute Gasteiger partial charge is 0.243 e. The summed E-state index contributed by atoms with van der Waals surface area (Å²) in [4.78, 5) is 14.5. The fourth-order valence-electron chi connectivity index (χ4n) is 3.05. The monoisotopic (exact) mass is 354 g/mol. The quantitative estimate of drug-likeness (QED) is 0.783. The van der Waals surface area contributed by atoms with Crippen LogP contribution in [0.25, 0.3) is 0 Å². The zero-order chi connectivity index (χ0) is 17.7. The van der Waals surface area contributed by atoms with Crippen LogP contribution in [0.1, 0.15) is 26.7 Å². The van der Waals surface area contributed by atoms with Gasteiger partial charge in [0.2, 0.25) is 15.9 Å². The molecule has 24 heavy (non-hydrogen) atoms. The van der Waals surface area contributed by atoms with E-state index in [9.17, 15) is 13.2 Å². The summed E-state index contributed by atoms with van der Waals surface area (Å²) >= 11 is 0. The van der Waals surface area contributed by atoms with Gasteiger partial charge in [-0.2, -0.15) is 4.31 Å². The Morgan fingerprint density at radius 1 is 1.25 bits per heavy atom. The summed E-state index contributed by atoms with van der Waals surface area (Å²) < 4.78 is 32.2. The largest absolute Gasteiger partial charge is 0.497 e. The van der Waals surface area contributed by atoms with E-state index in [2.05, 4.69) is 0 Å². The molecule has 134 valence electrons. The van der Waals surface area contributed by atoms with E-state index in [1.165, 1.54) is 11.4 Å². The van der Waals surface area contributed by atoms with E-state index in [-0.39, 0.29) is 23.3 Å². The van der Waals surface area contributed by atoms with E-state index in [0.29, 0.717) is 31.8 Å². The molecule has 1 aromatic carbocycles. The summed E-state index contributed by atoms with van der Waals surface area (Å²) in [6.45, 7) is 5.89. The first-order chi connectivity index (χ1) is 11.4. The number of hydrogen-bond donors (Lipinski definition) is 0. The van der Waals surface area contributed by atoms with Crippen LogP contribution in [0.2, 0.25) is 0 Å². The van der Waals surface area contributed by atoms with Crippen LogP contribution >= 0.6 is 0 Å². The molecule has 0 aromatic heterocycles. The lowest BCUT2D eigenvalue weighted by Crippen LogP contribution is -2.46. The van der Waals surface area contributed by atoms with Gasteiger partial charge < -0.3 is 9.64 Å². The summed E-state index contributed by atoms with van der Waals surface area (Å²) in [6, 6.07) is 6.36. The van der Waals surface area contributed by atoms with Crippen LogP contribution in [-0.2, 0) is 14.8 Å². The van der Waals surface area contributed by atoms with Crippen molar-refractivity contribution in [3.05, 3.63) is 24.3 Å². The number of ether oxygens (including phenoxy) is 1. The van der Waals surface area contributed by atoms with Crippen molar-refractivity contribution in [2.24, 2.45) is 5.92 Å². The van der Waals surface area contributed by atoms with Crippen LogP contribution in [0.3, 0.4) is 0 Å². The van der Waals surface area contributed by atoms with Gasteiger partial charge in [-0.3, -0.25) is 4.79 Å². The number of benzene rings is 1. The van der Waals surface area contributed by atoms with E-state index < -0.39 is 10.0 Å². The lowest BCUT2D eigenvalue weighted by atomic mass is 9.98. The van der Waals surface area contributed by atoms with E-state index in [0.717, 1.165) is 6.42 Å². The highest BCUT2D eigenvalue weighted by Crippen LogP contribution is 2.26. The van der Waals surface area contributed by atoms with E-state index >= 15 is 0 Å². The molecule has 1 amide bonds. The standard InChI is InChI=1S/C17H26N2O4S/c1-4-18(5-2)17(20)14-7-6-12-19(13-14)24(21,22)16-10-8-15(23-3)9-11-16/h8-11,14H,4-7,12-13H2,1-3H3/t14-/m1/s1. The minimum Gasteiger partial charge on any atom is -0.497 e. The van der Waals surface area contributed by atoms with Crippen LogP contribution in [-0.4, -0.2) is 56.8 Å². The first-order valence-corrected chi connectivity index (χ1v) is 9.81. The van der Waals surface area contributed by atoms with Gasteiger partial charge in [-0.25, -0.2) is 8.42 Å². The Morgan fingerprint density at radius 3 is 2.42 bits per heavy atom. The van der Waals surface area contributed by atoms with Crippen LogP contribution < -0.4 is 4.74 Å². The highest BCUT2D eigenvalue weighted by molar-refractivity contribution is 7.89. The number of methoxy groups -OCH3 is 1. The Bertz CT molecular complexity index is 654. The molecule has 1 aliphatic heterocycles. The Hall–Kier alpha value is -1.60. The highest BCUT2D eigenvalue weighted by atomic mass is 32.2. The SMILES string of the molecule is CCN(CC)C(=O)[C@@H]1CCCN(S(=O)(=O)c2ccc(OC)cc2)C1. The Labute approximate surface area is 144 Å². The Balaban J connectivity index is 2.16. The van der Waals surface area contributed by atoms with Gasteiger partial charge in [0.05, 0.1) is 17.9 Å². The number of piperidine rings is 1. The predicted molar refractivity (Wildman–Crippen MR) is 92.4 cm³/mol. The average Bonchev–Trinajstić information content (AvgIpc) is 2.62. The second-order valence-corrected chi connectivity index (χ2v) is 7.83. The van der Waals surface area contributed by atoms with Gasteiger partial charge in [0.15, 0.2) is 0 Å². The van der Waals surface area contributed by atoms with Gasteiger partial charge in [0.1, 0.15) is 5.75 Å². The van der Waals surface area contributed by atoms with E-state index in [4.69, 9.17) is 4.74 Å². The molecule has 7 heteroatoms. The minimum atomic E-state index is -3.59.